The number of nitrogens with two attached hydrogens (primary N) is 2. The molecule has 0 saturated carbocycles. The van der Waals surface area contributed by atoms with Crippen molar-refractivity contribution in [1.82, 2.24) is 16.0 Å². The molecule has 0 aromatic heterocycles. The molecule has 2 unspecified atom stereocenters. The fourth-order valence-corrected chi connectivity index (χ4v) is 1.86. The molecular weight excluding hydrogens is 334 g/mol. The largest absolute Gasteiger partial charge is 0.480 e. The van der Waals surface area contributed by atoms with Crippen molar-refractivity contribution >= 4 is 29.6 Å². The summed E-state index contributed by atoms with van der Waals surface area (Å²) in [6.07, 6.45) is -0.0760. The smallest absolute Gasteiger partial charge is 0.322 e. The Balaban J connectivity index is 4.55. The molecule has 0 saturated heterocycles. The lowest BCUT2D eigenvalue weighted by Gasteiger charge is -2.18. The molecule has 0 aliphatic carbocycles. The number of primary amides is 1. The first-order valence-corrected chi connectivity index (χ1v) is 7.63. The van der Waals surface area contributed by atoms with Crippen LogP contribution in [0.15, 0.2) is 0 Å². The average Bonchev–Trinajstić information content (AvgIpc) is 2.48. The number of amides is 4. The van der Waals surface area contributed by atoms with Crippen LogP contribution in [0.5, 0.6) is 0 Å². The Bertz CT molecular complexity index is 522. The molecule has 2 atom stereocenters. The van der Waals surface area contributed by atoms with Gasteiger partial charge in [0, 0.05) is 0 Å². The number of hydrogen-bond donors (Lipinski definition) is 6. The molecule has 0 aromatic carbocycles. The molecule has 4 amide bonds. The number of hydrogen-bond acceptors (Lipinski definition) is 6. The number of carbonyl (C=O) groups excluding carboxylic acids is 4. The zero-order valence-corrected chi connectivity index (χ0v) is 14.2. The van der Waals surface area contributed by atoms with Crippen LogP contribution in [0, 0.1) is 5.92 Å². The van der Waals surface area contributed by atoms with E-state index < -0.39 is 61.2 Å². The maximum Gasteiger partial charge on any atom is 0.322 e. The zero-order chi connectivity index (χ0) is 19.6. The molecular formula is C14H25N5O6. The first kappa shape index (κ1) is 22.3. The van der Waals surface area contributed by atoms with Gasteiger partial charge in [-0.2, -0.15) is 0 Å². The van der Waals surface area contributed by atoms with E-state index in [1.54, 1.807) is 0 Å². The second-order valence-electron chi connectivity index (χ2n) is 5.86. The van der Waals surface area contributed by atoms with Crippen LogP contribution in [0.1, 0.15) is 26.7 Å². The van der Waals surface area contributed by atoms with Crippen LogP contribution in [0.2, 0.25) is 0 Å². The maximum atomic E-state index is 11.8. The molecule has 25 heavy (non-hydrogen) atoms. The molecule has 11 heteroatoms. The van der Waals surface area contributed by atoms with Crippen LogP contribution in [0.25, 0.3) is 0 Å². The third-order valence-electron chi connectivity index (χ3n) is 2.96. The highest BCUT2D eigenvalue weighted by atomic mass is 16.4. The predicted octanol–water partition coefficient (Wildman–Crippen LogP) is -2.96. The predicted molar refractivity (Wildman–Crippen MR) is 86.8 cm³/mol. The molecule has 0 spiro atoms. The van der Waals surface area contributed by atoms with Gasteiger partial charge in [0.05, 0.1) is 19.0 Å². The van der Waals surface area contributed by atoms with Crippen molar-refractivity contribution in [2.45, 2.75) is 38.8 Å². The molecule has 0 fully saturated rings. The summed E-state index contributed by atoms with van der Waals surface area (Å²) < 4.78 is 0. The van der Waals surface area contributed by atoms with Gasteiger partial charge in [0.25, 0.3) is 0 Å². The summed E-state index contributed by atoms with van der Waals surface area (Å²) >= 11 is 0. The quantitative estimate of drug-likeness (QED) is 0.227. The summed E-state index contributed by atoms with van der Waals surface area (Å²) in [4.78, 5) is 56.7. The van der Waals surface area contributed by atoms with Crippen molar-refractivity contribution in [2.24, 2.45) is 17.4 Å². The lowest BCUT2D eigenvalue weighted by atomic mass is 10.0. The van der Waals surface area contributed by atoms with Crippen molar-refractivity contribution in [2.75, 3.05) is 13.1 Å². The minimum absolute atomic E-state index is 0.201. The van der Waals surface area contributed by atoms with Gasteiger partial charge in [-0.1, -0.05) is 13.8 Å². The highest BCUT2D eigenvalue weighted by Crippen LogP contribution is 2.02. The number of carboxylic acid groups (broad SMARTS) is 1. The first-order valence-electron chi connectivity index (χ1n) is 7.63. The van der Waals surface area contributed by atoms with Crippen LogP contribution < -0.4 is 27.4 Å². The van der Waals surface area contributed by atoms with E-state index in [0.717, 1.165) is 0 Å². The van der Waals surface area contributed by atoms with Crippen molar-refractivity contribution in [3.63, 3.8) is 0 Å². The molecule has 0 rings (SSSR count). The van der Waals surface area contributed by atoms with E-state index in [1.165, 1.54) is 0 Å². The Hall–Kier alpha value is -2.69. The number of carboxylic acids is 1. The zero-order valence-electron chi connectivity index (χ0n) is 14.2. The maximum absolute atomic E-state index is 11.8. The molecule has 142 valence electrons. The van der Waals surface area contributed by atoms with Gasteiger partial charge < -0.3 is 32.5 Å². The van der Waals surface area contributed by atoms with Crippen LogP contribution >= 0.6 is 0 Å². The topological polar surface area (TPSA) is 194 Å². The fraction of sp³-hybridized carbons (Fsp3) is 0.643. The highest BCUT2D eigenvalue weighted by molar-refractivity contribution is 5.94. The minimum atomic E-state index is -1.34. The third kappa shape index (κ3) is 10.7. The Labute approximate surface area is 144 Å². The van der Waals surface area contributed by atoms with E-state index in [2.05, 4.69) is 10.6 Å². The van der Waals surface area contributed by atoms with Crippen molar-refractivity contribution in [1.29, 1.82) is 0 Å². The summed E-state index contributed by atoms with van der Waals surface area (Å²) in [7, 11) is 0. The number of carbonyl (C=O) groups is 5. The Morgan fingerprint density at radius 1 is 1.00 bits per heavy atom. The van der Waals surface area contributed by atoms with E-state index in [-0.39, 0.29) is 5.92 Å². The third-order valence-corrected chi connectivity index (χ3v) is 2.96. The van der Waals surface area contributed by atoms with Gasteiger partial charge in [-0.25, -0.2) is 0 Å². The first-order chi connectivity index (χ1) is 11.5. The Kier molecular flexibility index (Phi) is 9.79. The Morgan fingerprint density at radius 3 is 2.04 bits per heavy atom. The molecule has 11 nitrogen and oxygen atoms in total. The summed E-state index contributed by atoms with van der Waals surface area (Å²) in [5.74, 6) is -4.10. The lowest BCUT2D eigenvalue weighted by molar-refractivity contribution is -0.138. The van der Waals surface area contributed by atoms with Crippen LogP contribution in [0.3, 0.4) is 0 Å². The normalized spacial score (nSPS) is 12.8. The van der Waals surface area contributed by atoms with E-state index in [4.69, 9.17) is 16.6 Å². The second-order valence-corrected chi connectivity index (χ2v) is 5.86. The molecule has 0 aliphatic rings. The molecule has 0 bridgehead atoms. The molecule has 0 radical (unpaired) electrons. The van der Waals surface area contributed by atoms with Gasteiger partial charge in [-0.05, 0) is 12.3 Å². The van der Waals surface area contributed by atoms with Gasteiger partial charge in [-0.3, -0.25) is 24.0 Å². The van der Waals surface area contributed by atoms with Crippen molar-refractivity contribution < 1.29 is 29.1 Å². The van der Waals surface area contributed by atoms with E-state index in [1.807, 2.05) is 19.2 Å². The standard InChI is InChI=1S/C14H25N5O6/c1-7(2)3-8(15)13(24)17-5-11(21)19-9(4-10(16)20)14(25)18-6-12(22)23/h7-9H,3-6,15H2,1-2H3,(H2,16,20)(H,17,24)(H,18,25)(H,19,21)(H,22,23). The summed E-state index contributed by atoms with van der Waals surface area (Å²) in [5, 5.41) is 15.1. The van der Waals surface area contributed by atoms with E-state index in [0.29, 0.717) is 6.42 Å². The second kappa shape index (κ2) is 11.0. The number of rotatable bonds is 11. The van der Waals surface area contributed by atoms with Gasteiger partial charge in [-0.15, -0.1) is 0 Å². The summed E-state index contributed by atoms with van der Waals surface area (Å²) in [5.41, 5.74) is 10.7. The Morgan fingerprint density at radius 2 is 1.56 bits per heavy atom. The van der Waals surface area contributed by atoms with Gasteiger partial charge in [0.2, 0.25) is 23.6 Å². The van der Waals surface area contributed by atoms with Crippen LogP contribution in [-0.2, 0) is 24.0 Å². The van der Waals surface area contributed by atoms with E-state index >= 15 is 0 Å². The molecule has 0 aliphatic heterocycles. The van der Waals surface area contributed by atoms with Crippen LogP contribution in [0.4, 0.5) is 0 Å². The molecule has 0 aromatic rings. The SMILES string of the molecule is CC(C)CC(N)C(=O)NCC(=O)NC(CC(N)=O)C(=O)NCC(=O)O. The van der Waals surface area contributed by atoms with E-state index in [9.17, 15) is 24.0 Å². The summed E-state index contributed by atoms with van der Waals surface area (Å²) in [6.45, 7) is 2.66. The monoisotopic (exact) mass is 359 g/mol. The minimum Gasteiger partial charge on any atom is -0.480 e. The van der Waals surface area contributed by atoms with Gasteiger partial charge in [0.1, 0.15) is 12.6 Å². The number of nitrogens with one attached hydrogen (secondary N) is 3. The number of aliphatic carboxylic acids is 1. The van der Waals surface area contributed by atoms with Gasteiger partial charge in [0.15, 0.2) is 0 Å². The molecule has 0 heterocycles. The summed E-state index contributed by atoms with van der Waals surface area (Å²) in [6, 6.07) is -2.11. The van der Waals surface area contributed by atoms with Crippen LogP contribution in [-0.4, -0.2) is 59.9 Å². The van der Waals surface area contributed by atoms with Crippen molar-refractivity contribution in [3.8, 4) is 0 Å². The lowest BCUT2D eigenvalue weighted by Crippen LogP contribution is -2.52. The van der Waals surface area contributed by atoms with Gasteiger partial charge >= 0.3 is 5.97 Å². The fourth-order valence-electron chi connectivity index (χ4n) is 1.86. The van der Waals surface area contributed by atoms with Crippen molar-refractivity contribution in [3.05, 3.63) is 0 Å². The average molecular weight is 359 g/mol. The highest BCUT2D eigenvalue weighted by Gasteiger charge is 2.24. The molecule has 8 N–H and O–H groups in total.